The van der Waals surface area contributed by atoms with E-state index in [9.17, 15) is 0 Å². The van der Waals surface area contributed by atoms with Gasteiger partial charge in [0.25, 0.3) is 0 Å². The SMILES string of the molecule is O=COCl.OC1CCCCC1. The number of rotatable bonds is 1. The van der Waals surface area contributed by atoms with E-state index in [1.807, 2.05) is 0 Å². The molecule has 1 saturated carbocycles. The second kappa shape index (κ2) is 7.82. The molecular weight excluding hydrogens is 168 g/mol. The fraction of sp³-hybridized carbons (Fsp3) is 0.857. The second-order valence-electron chi connectivity index (χ2n) is 2.48. The molecule has 0 radical (unpaired) electrons. The van der Waals surface area contributed by atoms with E-state index in [0.717, 1.165) is 12.8 Å². The molecule has 0 heterocycles. The summed E-state index contributed by atoms with van der Waals surface area (Å²) >= 11 is 4.32. The van der Waals surface area contributed by atoms with Gasteiger partial charge in [-0.25, -0.2) is 0 Å². The maximum atomic E-state index is 8.91. The number of hydrogen-bond acceptors (Lipinski definition) is 3. The van der Waals surface area contributed by atoms with Gasteiger partial charge in [-0.1, -0.05) is 19.3 Å². The van der Waals surface area contributed by atoms with Crippen LogP contribution in [-0.4, -0.2) is 17.7 Å². The normalized spacial score (nSPS) is 18.0. The lowest BCUT2D eigenvalue weighted by atomic mass is 9.98. The minimum absolute atomic E-state index is 0.0359. The third kappa shape index (κ3) is 7.62. The molecule has 0 saturated heterocycles. The van der Waals surface area contributed by atoms with E-state index in [4.69, 9.17) is 9.90 Å². The summed E-state index contributed by atoms with van der Waals surface area (Å²) in [4.78, 5) is 8.82. The van der Waals surface area contributed by atoms with Crippen molar-refractivity contribution >= 4 is 18.3 Å². The average molecular weight is 181 g/mol. The third-order valence-electron chi connectivity index (χ3n) is 1.61. The molecule has 4 heteroatoms. The summed E-state index contributed by atoms with van der Waals surface area (Å²) in [5.41, 5.74) is 0. The molecule has 0 aromatic carbocycles. The first-order valence-corrected chi connectivity index (χ1v) is 4.01. The van der Waals surface area contributed by atoms with Crippen LogP contribution in [0.3, 0.4) is 0 Å². The first-order valence-electron chi connectivity index (χ1n) is 3.70. The molecule has 66 valence electrons. The molecular formula is C7H13ClO3. The smallest absolute Gasteiger partial charge is 0.312 e. The Bertz CT molecular complexity index is 91.7. The minimum atomic E-state index is 0.0359. The average Bonchev–Trinajstić information content (AvgIpc) is 2.07. The van der Waals surface area contributed by atoms with Crippen molar-refractivity contribution in [3.8, 4) is 0 Å². The standard InChI is InChI=1S/C6H12O.CHClO2/c7-6-4-2-1-3-5-6;2-4-1-3/h6-7H,1-5H2;1H. The van der Waals surface area contributed by atoms with E-state index < -0.39 is 0 Å². The highest BCUT2D eigenvalue weighted by atomic mass is 35.5. The summed E-state index contributed by atoms with van der Waals surface area (Å²) in [6.07, 6.45) is 5.92. The van der Waals surface area contributed by atoms with E-state index in [1.54, 1.807) is 0 Å². The van der Waals surface area contributed by atoms with Crippen LogP contribution in [0, 0.1) is 0 Å². The molecule has 1 N–H and O–H groups in total. The summed E-state index contributed by atoms with van der Waals surface area (Å²) in [6, 6.07) is 0. The molecule has 1 fully saturated rings. The number of carbonyl (C=O) groups is 1. The van der Waals surface area contributed by atoms with Gasteiger partial charge in [0, 0.05) is 0 Å². The molecule has 0 aromatic rings. The van der Waals surface area contributed by atoms with Crippen LogP contribution in [0.25, 0.3) is 0 Å². The predicted octanol–water partition coefficient (Wildman–Crippen LogP) is 1.62. The topological polar surface area (TPSA) is 46.5 Å². The maximum Gasteiger partial charge on any atom is 0.312 e. The molecule has 0 bridgehead atoms. The lowest BCUT2D eigenvalue weighted by Crippen LogP contribution is -2.09. The largest absolute Gasteiger partial charge is 0.393 e. The Morgan fingerprint density at radius 3 is 2.00 bits per heavy atom. The summed E-state index contributed by atoms with van der Waals surface area (Å²) in [5.74, 6) is 0. The Hall–Kier alpha value is -0.280. The van der Waals surface area contributed by atoms with Crippen LogP contribution in [0.15, 0.2) is 0 Å². The van der Waals surface area contributed by atoms with Gasteiger partial charge in [-0.2, -0.15) is 0 Å². The highest BCUT2D eigenvalue weighted by molar-refractivity contribution is 6.10. The van der Waals surface area contributed by atoms with Gasteiger partial charge in [-0.15, -0.1) is 0 Å². The van der Waals surface area contributed by atoms with Gasteiger partial charge in [0.05, 0.1) is 6.10 Å². The molecule has 0 unspecified atom stereocenters. The van der Waals surface area contributed by atoms with Gasteiger partial charge in [-0.05, 0) is 12.8 Å². The fourth-order valence-corrected chi connectivity index (χ4v) is 1.08. The maximum absolute atomic E-state index is 8.91. The Labute approximate surface area is 71.5 Å². The molecule has 0 atom stereocenters. The second-order valence-corrected chi connectivity index (χ2v) is 2.66. The summed E-state index contributed by atoms with van der Waals surface area (Å²) < 4.78 is 3.33. The van der Waals surface area contributed by atoms with Crippen molar-refractivity contribution in [1.29, 1.82) is 0 Å². The van der Waals surface area contributed by atoms with Crippen LogP contribution in [-0.2, 0) is 9.08 Å². The van der Waals surface area contributed by atoms with Crippen molar-refractivity contribution in [1.82, 2.24) is 0 Å². The van der Waals surface area contributed by atoms with E-state index in [1.165, 1.54) is 19.3 Å². The van der Waals surface area contributed by atoms with Crippen LogP contribution in [0.5, 0.6) is 0 Å². The molecule has 0 amide bonds. The first kappa shape index (κ1) is 10.7. The number of carbonyl (C=O) groups excluding carboxylic acids is 1. The summed E-state index contributed by atoms with van der Waals surface area (Å²) in [6.45, 7) is 0.140. The van der Waals surface area contributed by atoms with Gasteiger partial charge in [0.2, 0.25) is 0 Å². The van der Waals surface area contributed by atoms with Crippen molar-refractivity contribution in [2.24, 2.45) is 0 Å². The van der Waals surface area contributed by atoms with Crippen LogP contribution < -0.4 is 0 Å². The molecule has 1 rings (SSSR count). The zero-order chi connectivity index (χ0) is 8.53. The molecule has 1 aliphatic rings. The van der Waals surface area contributed by atoms with Crippen LogP contribution in [0.2, 0.25) is 0 Å². The first-order chi connectivity index (χ1) is 5.31. The third-order valence-corrected chi connectivity index (χ3v) is 1.68. The number of halogens is 1. The van der Waals surface area contributed by atoms with Crippen molar-refractivity contribution < 1.29 is 14.2 Å². The Balaban J connectivity index is 0.000000218. The Morgan fingerprint density at radius 1 is 1.36 bits per heavy atom. The van der Waals surface area contributed by atoms with Crippen LogP contribution >= 0.6 is 11.9 Å². The number of aliphatic hydroxyl groups is 1. The fourth-order valence-electron chi connectivity index (χ4n) is 1.08. The Kier molecular flexibility index (Phi) is 7.62. The monoisotopic (exact) mass is 180 g/mol. The van der Waals surface area contributed by atoms with E-state index in [0.29, 0.717) is 0 Å². The molecule has 11 heavy (non-hydrogen) atoms. The van der Waals surface area contributed by atoms with Gasteiger partial charge in [0.1, 0.15) is 11.9 Å². The van der Waals surface area contributed by atoms with Gasteiger partial charge in [-0.3, -0.25) is 4.79 Å². The Morgan fingerprint density at radius 2 is 1.82 bits per heavy atom. The zero-order valence-corrected chi connectivity index (χ0v) is 7.09. The molecule has 0 aromatic heterocycles. The quantitative estimate of drug-likeness (QED) is 0.624. The van der Waals surface area contributed by atoms with Crippen LogP contribution in [0.1, 0.15) is 32.1 Å². The lowest BCUT2D eigenvalue weighted by molar-refractivity contribution is -0.120. The molecule has 1 aliphatic carbocycles. The lowest BCUT2D eigenvalue weighted by Gasteiger charge is -2.14. The number of hydrogen-bond donors (Lipinski definition) is 1. The molecule has 0 aliphatic heterocycles. The highest BCUT2D eigenvalue weighted by Crippen LogP contribution is 2.16. The molecule has 3 nitrogen and oxygen atoms in total. The van der Waals surface area contributed by atoms with E-state index in [2.05, 4.69) is 16.2 Å². The van der Waals surface area contributed by atoms with Gasteiger partial charge < -0.3 is 9.40 Å². The summed E-state index contributed by atoms with van der Waals surface area (Å²) in [5, 5.41) is 8.91. The van der Waals surface area contributed by atoms with Crippen molar-refractivity contribution in [3.63, 3.8) is 0 Å². The van der Waals surface area contributed by atoms with Crippen molar-refractivity contribution in [3.05, 3.63) is 0 Å². The zero-order valence-electron chi connectivity index (χ0n) is 6.33. The minimum Gasteiger partial charge on any atom is -0.393 e. The highest BCUT2D eigenvalue weighted by Gasteiger charge is 2.07. The predicted molar refractivity (Wildman–Crippen MR) is 42.1 cm³/mol. The number of aliphatic hydroxyl groups excluding tert-OH is 1. The van der Waals surface area contributed by atoms with Crippen molar-refractivity contribution in [2.75, 3.05) is 0 Å². The van der Waals surface area contributed by atoms with Gasteiger partial charge in [0.15, 0.2) is 0 Å². The van der Waals surface area contributed by atoms with E-state index in [-0.39, 0.29) is 12.6 Å². The van der Waals surface area contributed by atoms with Crippen LogP contribution in [0.4, 0.5) is 0 Å². The van der Waals surface area contributed by atoms with E-state index >= 15 is 0 Å². The summed E-state index contributed by atoms with van der Waals surface area (Å²) in [7, 11) is 0. The molecule has 0 spiro atoms. The van der Waals surface area contributed by atoms with Crippen molar-refractivity contribution in [2.45, 2.75) is 38.2 Å². The van der Waals surface area contributed by atoms with Gasteiger partial charge >= 0.3 is 6.47 Å².